The highest BCUT2D eigenvalue weighted by atomic mass is 16.5. The van der Waals surface area contributed by atoms with E-state index in [0.29, 0.717) is 19.4 Å². The summed E-state index contributed by atoms with van der Waals surface area (Å²) in [5.74, 6) is -0.0930. The maximum Gasteiger partial charge on any atom is 0.305 e. The molecule has 0 atom stereocenters. The number of carbonyl (C=O) groups is 1. The highest BCUT2D eigenvalue weighted by molar-refractivity contribution is 5.69. The molecule has 0 aliphatic rings. The van der Waals surface area contributed by atoms with Gasteiger partial charge in [0.25, 0.3) is 0 Å². The van der Waals surface area contributed by atoms with Gasteiger partial charge in [-0.3, -0.25) is 4.79 Å². The van der Waals surface area contributed by atoms with Gasteiger partial charge >= 0.3 is 5.97 Å². The number of unbranched alkanes of at least 4 members (excludes halogenated alkanes) is 3. The second-order valence-corrected chi connectivity index (χ2v) is 2.40. The molecule has 0 bridgehead atoms. The third-order valence-corrected chi connectivity index (χ3v) is 1.39. The first-order chi connectivity index (χ1) is 5.31. The molecule has 0 saturated heterocycles. The molecule has 2 nitrogen and oxygen atoms in total. The molecule has 11 heavy (non-hydrogen) atoms. The van der Waals surface area contributed by atoms with Crippen LogP contribution in [0.2, 0.25) is 0 Å². The zero-order valence-corrected chi connectivity index (χ0v) is 7.14. The normalized spacial score (nSPS) is 9.64. The van der Waals surface area contributed by atoms with E-state index in [1.165, 1.54) is 0 Å². The van der Waals surface area contributed by atoms with Gasteiger partial charge in [0.05, 0.1) is 6.61 Å². The minimum Gasteiger partial charge on any atom is -0.466 e. The Morgan fingerprint density at radius 2 is 2.09 bits per heavy atom. The van der Waals surface area contributed by atoms with E-state index < -0.39 is 0 Å². The van der Waals surface area contributed by atoms with Crippen LogP contribution < -0.4 is 0 Å². The third kappa shape index (κ3) is 7.37. The number of carbonyl (C=O) groups excluding carboxylic acids is 1. The summed E-state index contributed by atoms with van der Waals surface area (Å²) in [5.41, 5.74) is 0. The van der Waals surface area contributed by atoms with Crippen LogP contribution in [-0.4, -0.2) is 12.6 Å². The second kappa shape index (κ2) is 7.58. The lowest BCUT2D eigenvalue weighted by molar-refractivity contribution is -0.143. The summed E-state index contributed by atoms with van der Waals surface area (Å²) in [5, 5.41) is 0. The number of rotatable bonds is 6. The lowest BCUT2D eigenvalue weighted by Gasteiger charge is -2.00. The van der Waals surface area contributed by atoms with Gasteiger partial charge in [-0.15, -0.1) is 0 Å². The van der Waals surface area contributed by atoms with Gasteiger partial charge in [0.2, 0.25) is 0 Å². The largest absolute Gasteiger partial charge is 0.466 e. The molecule has 0 heterocycles. The lowest BCUT2D eigenvalue weighted by Crippen LogP contribution is -2.02. The molecule has 0 aromatic rings. The molecule has 0 N–H and O–H groups in total. The van der Waals surface area contributed by atoms with Crippen molar-refractivity contribution in [1.82, 2.24) is 0 Å². The van der Waals surface area contributed by atoms with Crippen LogP contribution in [0.3, 0.4) is 0 Å². The van der Waals surface area contributed by atoms with E-state index in [0.717, 1.165) is 19.3 Å². The molecule has 0 rings (SSSR count). The zero-order valence-electron chi connectivity index (χ0n) is 7.14. The number of hydrogen-bond acceptors (Lipinski definition) is 2. The average molecular weight is 156 g/mol. The standard InChI is InChI=1S/C9H16O2/c1-3-5-6-7-8-9(10)11-4-2/h1H,3-8H2,2H3. The Bertz CT molecular complexity index is 99.7. The van der Waals surface area contributed by atoms with Gasteiger partial charge in [-0.05, 0) is 26.7 Å². The van der Waals surface area contributed by atoms with E-state index in [4.69, 9.17) is 11.7 Å². The summed E-state index contributed by atoms with van der Waals surface area (Å²) in [6.45, 7) is 7.59. The smallest absolute Gasteiger partial charge is 0.305 e. The molecule has 0 aliphatic heterocycles. The van der Waals surface area contributed by atoms with Gasteiger partial charge in [-0.2, -0.15) is 0 Å². The Morgan fingerprint density at radius 1 is 1.36 bits per heavy atom. The lowest BCUT2D eigenvalue weighted by atomic mass is 10.2. The zero-order chi connectivity index (χ0) is 8.53. The molecule has 0 fully saturated rings. The second-order valence-electron chi connectivity index (χ2n) is 2.40. The maximum absolute atomic E-state index is 10.8. The fourth-order valence-corrected chi connectivity index (χ4v) is 0.824. The van der Waals surface area contributed by atoms with Crippen LogP contribution in [-0.2, 0) is 9.53 Å². The van der Waals surface area contributed by atoms with Crippen molar-refractivity contribution in [2.24, 2.45) is 0 Å². The number of esters is 1. The molecule has 0 spiro atoms. The summed E-state index contributed by atoms with van der Waals surface area (Å²) < 4.78 is 4.75. The van der Waals surface area contributed by atoms with Crippen LogP contribution in [0.1, 0.15) is 39.0 Å². The van der Waals surface area contributed by atoms with Crippen LogP contribution >= 0.6 is 0 Å². The summed E-state index contributed by atoms with van der Waals surface area (Å²) in [6, 6.07) is 0. The summed E-state index contributed by atoms with van der Waals surface area (Å²) >= 11 is 0. The van der Waals surface area contributed by atoms with Crippen molar-refractivity contribution in [3.8, 4) is 0 Å². The molecule has 2 heteroatoms. The molecule has 64 valence electrons. The van der Waals surface area contributed by atoms with Crippen molar-refractivity contribution in [1.29, 1.82) is 0 Å². The molecule has 2 radical (unpaired) electrons. The van der Waals surface area contributed by atoms with Crippen molar-refractivity contribution in [3.63, 3.8) is 0 Å². The summed E-state index contributed by atoms with van der Waals surface area (Å²) in [6.07, 6.45) is 4.17. The predicted molar refractivity (Wildman–Crippen MR) is 44.0 cm³/mol. The van der Waals surface area contributed by atoms with E-state index in [-0.39, 0.29) is 5.97 Å². The first-order valence-electron chi connectivity index (χ1n) is 4.17. The van der Waals surface area contributed by atoms with E-state index in [9.17, 15) is 4.79 Å². The van der Waals surface area contributed by atoms with Crippen LogP contribution in [0, 0.1) is 6.92 Å². The first kappa shape index (κ1) is 10.5. The molecule has 0 unspecified atom stereocenters. The van der Waals surface area contributed by atoms with Gasteiger partial charge in [-0.1, -0.05) is 12.8 Å². The van der Waals surface area contributed by atoms with Crippen LogP contribution in [0.4, 0.5) is 0 Å². The molecule has 0 aromatic heterocycles. The fraction of sp³-hybridized carbons (Fsp3) is 0.778. The van der Waals surface area contributed by atoms with Crippen LogP contribution in [0.15, 0.2) is 0 Å². The minimum atomic E-state index is -0.0930. The Balaban J connectivity index is 3.04. The van der Waals surface area contributed by atoms with Gasteiger partial charge < -0.3 is 4.74 Å². The Kier molecular flexibility index (Phi) is 7.21. The molecule has 0 amide bonds. The molecular weight excluding hydrogens is 140 g/mol. The SMILES string of the molecule is [CH]CCCCCC(=O)OCC. The topological polar surface area (TPSA) is 26.3 Å². The molecule has 0 aliphatic carbocycles. The van der Waals surface area contributed by atoms with Gasteiger partial charge in [-0.25, -0.2) is 0 Å². The predicted octanol–water partition coefficient (Wildman–Crippen LogP) is 2.21. The Labute approximate surface area is 68.9 Å². The fourth-order valence-electron chi connectivity index (χ4n) is 0.824. The van der Waals surface area contributed by atoms with Gasteiger partial charge in [0.15, 0.2) is 0 Å². The number of ether oxygens (including phenoxy) is 1. The van der Waals surface area contributed by atoms with Crippen molar-refractivity contribution in [2.75, 3.05) is 6.61 Å². The highest BCUT2D eigenvalue weighted by Gasteiger charge is 1.99. The van der Waals surface area contributed by atoms with Crippen LogP contribution in [0.25, 0.3) is 0 Å². The maximum atomic E-state index is 10.8. The van der Waals surface area contributed by atoms with Gasteiger partial charge in [0.1, 0.15) is 0 Å². The Hall–Kier alpha value is -0.530. The minimum absolute atomic E-state index is 0.0930. The van der Waals surface area contributed by atoms with Crippen molar-refractivity contribution in [3.05, 3.63) is 6.92 Å². The Morgan fingerprint density at radius 3 is 2.64 bits per heavy atom. The van der Waals surface area contributed by atoms with Crippen LogP contribution in [0.5, 0.6) is 0 Å². The van der Waals surface area contributed by atoms with E-state index in [2.05, 4.69) is 0 Å². The summed E-state index contributed by atoms with van der Waals surface area (Å²) in [4.78, 5) is 10.8. The van der Waals surface area contributed by atoms with E-state index in [1.54, 1.807) is 0 Å². The average Bonchev–Trinajstić information content (AvgIpc) is 1.99. The quantitative estimate of drug-likeness (QED) is 0.435. The van der Waals surface area contributed by atoms with Crippen molar-refractivity contribution in [2.45, 2.75) is 39.0 Å². The van der Waals surface area contributed by atoms with Crippen molar-refractivity contribution >= 4 is 5.97 Å². The summed E-state index contributed by atoms with van der Waals surface area (Å²) in [7, 11) is 0. The van der Waals surface area contributed by atoms with E-state index in [1.807, 2.05) is 6.92 Å². The molecule has 0 aromatic carbocycles. The first-order valence-corrected chi connectivity index (χ1v) is 4.17. The van der Waals surface area contributed by atoms with Gasteiger partial charge in [0, 0.05) is 6.42 Å². The van der Waals surface area contributed by atoms with Crippen molar-refractivity contribution < 1.29 is 9.53 Å². The highest BCUT2D eigenvalue weighted by Crippen LogP contribution is 2.02. The molecular formula is C9H16O2. The van der Waals surface area contributed by atoms with E-state index >= 15 is 0 Å². The third-order valence-electron chi connectivity index (χ3n) is 1.39. The number of hydrogen-bond donors (Lipinski definition) is 0. The monoisotopic (exact) mass is 156 g/mol. The molecule has 0 saturated carbocycles.